The summed E-state index contributed by atoms with van der Waals surface area (Å²) in [6.07, 6.45) is 8.65. The van der Waals surface area contributed by atoms with Gasteiger partial charge in [-0.2, -0.15) is 0 Å². The second-order valence-electron chi connectivity index (χ2n) is 10.0. The molecule has 216 valence electrons. The van der Waals surface area contributed by atoms with E-state index < -0.39 is 5.82 Å². The minimum Gasteiger partial charge on any atom is -0.494 e. The maximum absolute atomic E-state index is 13.6. The number of carbonyl (C=O) groups excluding carboxylic acids is 1. The highest BCUT2D eigenvalue weighted by Crippen LogP contribution is 2.39. The van der Waals surface area contributed by atoms with Crippen LogP contribution in [-0.4, -0.2) is 38.5 Å². The second kappa shape index (κ2) is 14.5. The molecule has 0 spiro atoms. The molecule has 1 aliphatic heterocycles. The van der Waals surface area contributed by atoms with E-state index in [0.29, 0.717) is 48.6 Å². The summed E-state index contributed by atoms with van der Waals surface area (Å²) >= 11 is 0. The van der Waals surface area contributed by atoms with Crippen LogP contribution in [0.5, 0.6) is 5.75 Å². The van der Waals surface area contributed by atoms with Gasteiger partial charge in [0.05, 0.1) is 24.7 Å². The third-order valence-corrected chi connectivity index (χ3v) is 9.85. The lowest BCUT2D eigenvalue weighted by Gasteiger charge is -2.08. The van der Waals surface area contributed by atoms with Crippen molar-refractivity contribution in [3.05, 3.63) is 76.5 Å². The van der Waals surface area contributed by atoms with Crippen LogP contribution < -0.4 is 15.5 Å². The molecule has 1 fully saturated rings. The van der Waals surface area contributed by atoms with Crippen LogP contribution in [0.2, 0.25) is 0 Å². The van der Waals surface area contributed by atoms with Crippen LogP contribution in [-0.2, 0) is 17.9 Å². The van der Waals surface area contributed by atoms with Crippen molar-refractivity contribution in [2.45, 2.75) is 63.3 Å². The van der Waals surface area contributed by atoms with Gasteiger partial charge in [-0.1, -0.05) is 33.2 Å². The Morgan fingerprint density at radius 2 is 2.00 bits per heavy atom. The normalized spacial score (nSPS) is 14.9. The molecule has 1 unspecified atom stereocenters. The van der Waals surface area contributed by atoms with E-state index in [9.17, 15) is 14.0 Å². The van der Waals surface area contributed by atoms with Crippen molar-refractivity contribution in [2.24, 2.45) is 0 Å². The number of benzene rings is 2. The first kappa shape index (κ1) is 29.2. The Bertz CT molecular complexity index is 1500. The van der Waals surface area contributed by atoms with Crippen LogP contribution >= 0.6 is 21.6 Å². The molecule has 1 saturated heterocycles. The van der Waals surface area contributed by atoms with E-state index >= 15 is 0 Å². The van der Waals surface area contributed by atoms with Crippen molar-refractivity contribution >= 4 is 38.5 Å². The van der Waals surface area contributed by atoms with Gasteiger partial charge in [-0.05, 0) is 68.5 Å². The van der Waals surface area contributed by atoms with Crippen LogP contribution in [0.1, 0.15) is 50.6 Å². The number of halogens is 1. The first-order valence-corrected chi connectivity index (χ1v) is 16.3. The molecule has 11 heteroatoms. The zero-order valence-electron chi connectivity index (χ0n) is 22.7. The number of hydrogen-bond acceptors (Lipinski definition) is 8. The largest absolute Gasteiger partial charge is 0.494 e. The first-order valence-electron chi connectivity index (χ1n) is 13.9. The summed E-state index contributed by atoms with van der Waals surface area (Å²) in [4.78, 5) is 24.5. The van der Waals surface area contributed by atoms with E-state index in [1.165, 1.54) is 42.9 Å². The monoisotopic (exact) mass is 596 g/mol. The topological polar surface area (TPSA) is 99.2 Å². The number of nitrogens with zero attached hydrogens (tertiary/aromatic N) is 3. The van der Waals surface area contributed by atoms with Gasteiger partial charge >= 0.3 is 0 Å². The molecule has 0 radical (unpaired) electrons. The summed E-state index contributed by atoms with van der Waals surface area (Å²) in [6.45, 7) is 1.65. The fraction of sp³-hybridized carbons (Fsp3) is 0.400. The lowest BCUT2D eigenvalue weighted by atomic mass is 10.1. The molecule has 41 heavy (non-hydrogen) atoms. The van der Waals surface area contributed by atoms with Gasteiger partial charge < -0.3 is 14.5 Å². The summed E-state index contributed by atoms with van der Waals surface area (Å²) in [5.41, 5.74) is 1.46. The van der Waals surface area contributed by atoms with Crippen LogP contribution in [0.25, 0.3) is 22.3 Å². The third kappa shape index (κ3) is 8.59. The number of nitrogens with one attached hydrogen (secondary N) is 1. The summed E-state index contributed by atoms with van der Waals surface area (Å²) in [5.74, 6) is 1.94. The average Bonchev–Trinajstić information content (AvgIpc) is 3.66. The highest BCUT2D eigenvalue weighted by molar-refractivity contribution is 8.77. The number of hydrogen-bond donors (Lipinski definition) is 1. The zero-order valence-corrected chi connectivity index (χ0v) is 24.4. The first-order chi connectivity index (χ1) is 20.0. The standard InChI is InChI=1S/C30H33FN4O4S2/c31-22-9-12-26-27(36)18-28(39-29(26)17-22)21-7-10-24(11-8-21)38-15-4-3-14-35-20-23(33-34-35)19-32-30(37)6-2-1-5-25-13-16-40-41-25/h7-12,17-18,20,25H,1-6,13-16,19H2,(H,32,37). The molecular formula is C30H33FN4O4S2. The predicted molar refractivity (Wildman–Crippen MR) is 161 cm³/mol. The van der Waals surface area contributed by atoms with Crippen LogP contribution in [0.4, 0.5) is 4.39 Å². The SMILES string of the molecule is O=C(CCCCC1CCSS1)NCc1cn(CCCCOc2ccc(-c3cc(=O)c4ccc(F)cc4o3)cc2)nn1. The van der Waals surface area contributed by atoms with Crippen molar-refractivity contribution in [2.75, 3.05) is 12.4 Å². The number of carbonyl (C=O) groups is 1. The van der Waals surface area contributed by atoms with Crippen molar-refractivity contribution in [3.8, 4) is 17.1 Å². The minimum atomic E-state index is -0.455. The number of amides is 1. The molecule has 1 atom stereocenters. The van der Waals surface area contributed by atoms with Gasteiger partial charge in [-0.25, -0.2) is 4.39 Å². The Balaban J connectivity index is 0.977. The molecule has 0 aliphatic carbocycles. The summed E-state index contributed by atoms with van der Waals surface area (Å²) in [5, 5.41) is 12.4. The molecule has 1 amide bonds. The third-order valence-electron chi connectivity index (χ3n) is 6.84. The quantitative estimate of drug-likeness (QED) is 0.132. The molecule has 0 saturated carbocycles. The van der Waals surface area contributed by atoms with Gasteiger partial charge in [0.25, 0.3) is 0 Å². The molecule has 5 rings (SSSR count). The van der Waals surface area contributed by atoms with Crippen molar-refractivity contribution in [1.82, 2.24) is 20.3 Å². The molecular weight excluding hydrogens is 563 g/mol. The van der Waals surface area contributed by atoms with E-state index in [-0.39, 0.29) is 16.9 Å². The van der Waals surface area contributed by atoms with E-state index in [2.05, 4.69) is 15.6 Å². The van der Waals surface area contributed by atoms with Gasteiger partial charge in [0, 0.05) is 41.7 Å². The van der Waals surface area contributed by atoms with Gasteiger partial charge in [-0.3, -0.25) is 14.3 Å². The van der Waals surface area contributed by atoms with E-state index in [0.717, 1.165) is 36.6 Å². The molecule has 1 N–H and O–H groups in total. The van der Waals surface area contributed by atoms with Crippen molar-refractivity contribution in [3.63, 3.8) is 0 Å². The van der Waals surface area contributed by atoms with Crippen molar-refractivity contribution < 1.29 is 18.3 Å². The fourth-order valence-electron chi connectivity index (χ4n) is 4.58. The molecule has 0 bridgehead atoms. The van der Waals surface area contributed by atoms with Crippen LogP contribution in [0.3, 0.4) is 0 Å². The maximum atomic E-state index is 13.6. The smallest absolute Gasteiger partial charge is 0.220 e. The average molecular weight is 597 g/mol. The lowest BCUT2D eigenvalue weighted by Crippen LogP contribution is -2.22. The summed E-state index contributed by atoms with van der Waals surface area (Å²) in [7, 11) is 3.95. The number of rotatable bonds is 14. The highest BCUT2D eigenvalue weighted by Gasteiger charge is 2.16. The molecule has 2 aromatic carbocycles. The lowest BCUT2D eigenvalue weighted by molar-refractivity contribution is -0.121. The Labute approximate surface area is 245 Å². The molecule has 4 aromatic rings. The van der Waals surface area contributed by atoms with Gasteiger partial charge in [0.15, 0.2) is 5.43 Å². The van der Waals surface area contributed by atoms with E-state index in [1.807, 2.05) is 52.1 Å². The van der Waals surface area contributed by atoms with Crippen LogP contribution in [0, 0.1) is 5.82 Å². The number of fused-ring (bicyclic) bond motifs is 1. The van der Waals surface area contributed by atoms with Gasteiger partial charge in [-0.15, -0.1) is 5.10 Å². The summed E-state index contributed by atoms with van der Waals surface area (Å²) < 4.78 is 27.0. The minimum absolute atomic E-state index is 0.0652. The van der Waals surface area contributed by atoms with Gasteiger partial charge in [0.2, 0.25) is 5.91 Å². The highest BCUT2D eigenvalue weighted by atomic mass is 33.1. The Morgan fingerprint density at radius 1 is 1.12 bits per heavy atom. The number of ether oxygens (including phenoxy) is 1. The Hall–Kier alpha value is -3.31. The van der Waals surface area contributed by atoms with E-state index in [4.69, 9.17) is 9.15 Å². The van der Waals surface area contributed by atoms with Crippen molar-refractivity contribution in [1.29, 1.82) is 0 Å². The molecule has 2 aromatic heterocycles. The second-order valence-corrected chi connectivity index (χ2v) is 12.8. The molecule has 1 aliphatic rings. The summed E-state index contributed by atoms with van der Waals surface area (Å²) in [6, 6.07) is 12.6. The maximum Gasteiger partial charge on any atom is 0.220 e. The van der Waals surface area contributed by atoms with Gasteiger partial charge in [0.1, 0.15) is 28.6 Å². The predicted octanol–water partition coefficient (Wildman–Crippen LogP) is 6.38. The number of unbranched alkanes of at least 4 members (excludes halogenated alkanes) is 2. The Morgan fingerprint density at radius 3 is 2.83 bits per heavy atom. The number of aromatic nitrogens is 3. The molecule has 3 heterocycles. The number of aryl methyl sites for hydroxylation is 1. The van der Waals surface area contributed by atoms with E-state index in [1.54, 1.807) is 4.68 Å². The fourth-order valence-corrected chi connectivity index (χ4v) is 7.61. The van der Waals surface area contributed by atoms with Crippen LogP contribution in [0.15, 0.2) is 63.9 Å². The molecule has 8 nitrogen and oxygen atoms in total. The Kier molecular flexibility index (Phi) is 10.4. The zero-order chi connectivity index (χ0) is 28.4.